The van der Waals surface area contributed by atoms with Crippen LogP contribution in [0.15, 0.2) is 53.4 Å². The Kier molecular flexibility index (Phi) is 4.90. The molecule has 0 amide bonds. The van der Waals surface area contributed by atoms with Gasteiger partial charge in [-0.25, -0.2) is 0 Å². The molecule has 0 spiro atoms. The average molecular weight is 286 g/mol. The fourth-order valence-electron chi connectivity index (χ4n) is 2.00. The number of rotatable bonds is 4. The van der Waals surface area contributed by atoms with Gasteiger partial charge in [0.2, 0.25) is 0 Å². The van der Waals surface area contributed by atoms with Crippen LogP contribution in [0.3, 0.4) is 0 Å². The highest BCUT2D eigenvalue weighted by Gasteiger charge is 2.12. The number of benzene rings is 2. The number of hydrogen-bond donors (Lipinski definition) is 1. The van der Waals surface area contributed by atoms with E-state index in [1.54, 1.807) is 11.8 Å². The molecule has 0 aliphatic rings. The number of thioether (sulfide) groups is 1. The zero-order valence-corrected chi connectivity index (χ0v) is 13.2. The van der Waals surface area contributed by atoms with E-state index in [4.69, 9.17) is 5.11 Å². The van der Waals surface area contributed by atoms with Gasteiger partial charge in [-0.3, -0.25) is 0 Å². The van der Waals surface area contributed by atoms with Gasteiger partial charge in [-0.05, 0) is 34.2 Å². The third-order valence-electron chi connectivity index (χ3n) is 3.31. The molecule has 2 heteroatoms. The van der Waals surface area contributed by atoms with Crippen LogP contribution in [0.25, 0.3) is 0 Å². The smallest absolute Gasteiger partial charge is 0.0682 e. The van der Waals surface area contributed by atoms with Gasteiger partial charge in [-0.15, -0.1) is 11.8 Å². The van der Waals surface area contributed by atoms with Crippen molar-refractivity contribution in [3.63, 3.8) is 0 Å². The second-order valence-electron chi connectivity index (χ2n) is 6.04. The molecule has 1 N–H and O–H groups in total. The van der Waals surface area contributed by atoms with Gasteiger partial charge in [-0.2, -0.15) is 0 Å². The third-order valence-corrected chi connectivity index (χ3v) is 4.37. The molecule has 0 radical (unpaired) electrons. The molecule has 0 fully saturated rings. The summed E-state index contributed by atoms with van der Waals surface area (Å²) in [5.74, 6) is 0.958. The molecule has 2 aromatic carbocycles. The van der Waals surface area contributed by atoms with Gasteiger partial charge in [0.1, 0.15) is 0 Å². The molecule has 2 aromatic rings. The summed E-state index contributed by atoms with van der Waals surface area (Å²) < 4.78 is 0. The van der Waals surface area contributed by atoms with Crippen molar-refractivity contribution in [2.45, 2.75) is 43.4 Å². The minimum absolute atomic E-state index is 0.106. The SMILES string of the molecule is CC(C)(C)c1ccc(CSc2cccc(CO)c2)cc1. The maximum atomic E-state index is 9.14. The van der Waals surface area contributed by atoms with Crippen molar-refractivity contribution < 1.29 is 5.11 Å². The molecule has 20 heavy (non-hydrogen) atoms. The largest absolute Gasteiger partial charge is 0.392 e. The Balaban J connectivity index is 2.00. The molecule has 0 unspecified atom stereocenters. The van der Waals surface area contributed by atoms with E-state index in [9.17, 15) is 0 Å². The van der Waals surface area contributed by atoms with Crippen molar-refractivity contribution in [2.24, 2.45) is 0 Å². The van der Waals surface area contributed by atoms with Crippen LogP contribution in [0.1, 0.15) is 37.5 Å². The predicted molar refractivity (Wildman–Crippen MR) is 87.1 cm³/mol. The van der Waals surface area contributed by atoms with Crippen LogP contribution in [-0.4, -0.2) is 5.11 Å². The summed E-state index contributed by atoms with van der Waals surface area (Å²) in [7, 11) is 0. The first kappa shape index (κ1) is 15.1. The van der Waals surface area contributed by atoms with E-state index in [0.29, 0.717) is 0 Å². The molecule has 0 saturated carbocycles. The molecule has 0 saturated heterocycles. The number of aliphatic hydroxyl groups excluding tert-OH is 1. The Hall–Kier alpha value is -1.25. The standard InChI is InChI=1S/C18H22OS/c1-18(2,3)16-9-7-14(8-10-16)13-20-17-6-4-5-15(11-17)12-19/h4-11,19H,12-13H2,1-3H3. The van der Waals surface area contributed by atoms with Gasteiger partial charge in [0.05, 0.1) is 6.61 Å². The van der Waals surface area contributed by atoms with Crippen LogP contribution in [0.4, 0.5) is 0 Å². The normalized spacial score (nSPS) is 11.6. The highest BCUT2D eigenvalue weighted by molar-refractivity contribution is 7.98. The van der Waals surface area contributed by atoms with Crippen molar-refractivity contribution in [1.29, 1.82) is 0 Å². The maximum Gasteiger partial charge on any atom is 0.0682 e. The Bertz CT molecular complexity index is 552. The summed E-state index contributed by atoms with van der Waals surface area (Å²) >= 11 is 1.81. The second kappa shape index (κ2) is 6.47. The molecule has 0 aromatic heterocycles. The van der Waals surface area contributed by atoms with Crippen LogP contribution in [0, 0.1) is 0 Å². The highest BCUT2D eigenvalue weighted by atomic mass is 32.2. The Morgan fingerprint density at radius 1 is 0.950 bits per heavy atom. The van der Waals surface area contributed by atoms with Gasteiger partial charge < -0.3 is 5.11 Å². The summed E-state index contributed by atoms with van der Waals surface area (Å²) in [5, 5.41) is 9.14. The summed E-state index contributed by atoms with van der Waals surface area (Å²) in [6.45, 7) is 6.81. The number of hydrogen-bond acceptors (Lipinski definition) is 2. The zero-order chi connectivity index (χ0) is 14.6. The summed E-state index contributed by atoms with van der Waals surface area (Å²) in [6, 6.07) is 17.0. The molecule has 2 rings (SSSR count). The van der Waals surface area contributed by atoms with Crippen molar-refractivity contribution in [3.8, 4) is 0 Å². The molecular formula is C18H22OS. The molecule has 0 heterocycles. The summed E-state index contributed by atoms with van der Waals surface area (Å²) in [6.07, 6.45) is 0. The Morgan fingerprint density at radius 2 is 1.65 bits per heavy atom. The molecular weight excluding hydrogens is 264 g/mol. The van der Waals surface area contributed by atoms with Crippen molar-refractivity contribution in [2.75, 3.05) is 0 Å². The predicted octanol–water partition coefficient (Wildman–Crippen LogP) is 4.77. The summed E-state index contributed by atoms with van der Waals surface area (Å²) in [4.78, 5) is 1.21. The number of aliphatic hydroxyl groups is 1. The van der Waals surface area contributed by atoms with E-state index in [0.717, 1.165) is 11.3 Å². The van der Waals surface area contributed by atoms with E-state index in [1.807, 2.05) is 18.2 Å². The van der Waals surface area contributed by atoms with E-state index >= 15 is 0 Å². The lowest BCUT2D eigenvalue weighted by Gasteiger charge is -2.19. The lowest BCUT2D eigenvalue weighted by Crippen LogP contribution is -2.10. The first-order valence-electron chi connectivity index (χ1n) is 6.91. The topological polar surface area (TPSA) is 20.2 Å². The fraction of sp³-hybridized carbons (Fsp3) is 0.333. The van der Waals surface area contributed by atoms with Crippen molar-refractivity contribution in [3.05, 3.63) is 65.2 Å². The fourth-order valence-corrected chi connectivity index (χ4v) is 2.94. The molecule has 0 aliphatic heterocycles. The highest BCUT2D eigenvalue weighted by Crippen LogP contribution is 2.26. The first-order chi connectivity index (χ1) is 9.49. The van der Waals surface area contributed by atoms with Crippen LogP contribution >= 0.6 is 11.8 Å². The van der Waals surface area contributed by atoms with E-state index in [1.165, 1.54) is 16.0 Å². The molecule has 0 atom stereocenters. The Labute approximate surface area is 126 Å². The van der Waals surface area contributed by atoms with Crippen molar-refractivity contribution in [1.82, 2.24) is 0 Å². The van der Waals surface area contributed by atoms with E-state index in [-0.39, 0.29) is 12.0 Å². The van der Waals surface area contributed by atoms with Gasteiger partial charge in [0.15, 0.2) is 0 Å². The maximum absolute atomic E-state index is 9.14. The van der Waals surface area contributed by atoms with Gasteiger partial charge in [-0.1, -0.05) is 57.2 Å². The van der Waals surface area contributed by atoms with Crippen molar-refractivity contribution >= 4 is 11.8 Å². The van der Waals surface area contributed by atoms with Gasteiger partial charge >= 0.3 is 0 Å². The second-order valence-corrected chi connectivity index (χ2v) is 7.09. The Morgan fingerprint density at radius 3 is 2.25 bits per heavy atom. The van der Waals surface area contributed by atoms with E-state index < -0.39 is 0 Å². The van der Waals surface area contributed by atoms with Gasteiger partial charge in [0, 0.05) is 10.6 Å². The van der Waals surface area contributed by atoms with E-state index in [2.05, 4.69) is 51.1 Å². The minimum atomic E-state index is 0.106. The van der Waals surface area contributed by atoms with Crippen LogP contribution in [0.5, 0.6) is 0 Å². The molecule has 106 valence electrons. The first-order valence-corrected chi connectivity index (χ1v) is 7.89. The molecule has 1 nitrogen and oxygen atoms in total. The van der Waals surface area contributed by atoms with Crippen LogP contribution in [-0.2, 0) is 17.8 Å². The minimum Gasteiger partial charge on any atom is -0.392 e. The monoisotopic (exact) mass is 286 g/mol. The quantitative estimate of drug-likeness (QED) is 0.817. The van der Waals surface area contributed by atoms with Crippen LogP contribution in [0.2, 0.25) is 0 Å². The van der Waals surface area contributed by atoms with Gasteiger partial charge in [0.25, 0.3) is 0 Å². The van der Waals surface area contributed by atoms with Crippen LogP contribution < -0.4 is 0 Å². The summed E-state index contributed by atoms with van der Waals surface area (Å²) in [5.41, 5.74) is 3.88. The third kappa shape index (κ3) is 4.12. The molecule has 0 aliphatic carbocycles. The zero-order valence-electron chi connectivity index (χ0n) is 12.4. The lowest BCUT2D eigenvalue weighted by molar-refractivity contribution is 0.281. The molecule has 0 bridgehead atoms. The lowest BCUT2D eigenvalue weighted by atomic mass is 9.87. The average Bonchev–Trinajstić information content (AvgIpc) is 2.45.